The Balaban J connectivity index is 1.76. The molecule has 2 heterocycles. The highest BCUT2D eigenvalue weighted by Crippen LogP contribution is 2.31. The summed E-state index contributed by atoms with van der Waals surface area (Å²) >= 11 is 0. The quantitative estimate of drug-likeness (QED) is 0.860. The lowest BCUT2D eigenvalue weighted by Crippen LogP contribution is -2.21. The SMILES string of the molecule is CN(C)c1ccnc(N(C)Cc2ccc3c(c2)OCCO3)n1. The standard InChI is InChI=1S/C16H20N4O2/c1-19(2)15-6-7-17-16(18-15)20(3)11-12-4-5-13-14(10-12)22-9-8-21-13/h4-7,10H,8-9,11H2,1-3H3. The molecule has 2 aromatic rings. The van der Waals surface area contributed by atoms with E-state index in [1.165, 1.54) is 0 Å². The summed E-state index contributed by atoms with van der Waals surface area (Å²) in [6.45, 7) is 1.91. The number of ether oxygens (including phenoxy) is 2. The Morgan fingerprint density at radius 2 is 1.82 bits per heavy atom. The van der Waals surface area contributed by atoms with E-state index in [0.29, 0.717) is 25.7 Å². The fraction of sp³-hybridized carbons (Fsp3) is 0.375. The Morgan fingerprint density at radius 1 is 1.05 bits per heavy atom. The van der Waals surface area contributed by atoms with Crippen molar-refractivity contribution in [2.75, 3.05) is 44.2 Å². The number of aromatic nitrogens is 2. The third-order valence-corrected chi connectivity index (χ3v) is 3.45. The van der Waals surface area contributed by atoms with E-state index in [0.717, 1.165) is 22.9 Å². The highest BCUT2D eigenvalue weighted by Gasteiger charge is 2.13. The van der Waals surface area contributed by atoms with Crippen LogP contribution in [-0.2, 0) is 6.54 Å². The van der Waals surface area contributed by atoms with Crippen LogP contribution in [0.1, 0.15) is 5.56 Å². The molecule has 0 radical (unpaired) electrons. The van der Waals surface area contributed by atoms with Crippen molar-refractivity contribution in [3.63, 3.8) is 0 Å². The zero-order chi connectivity index (χ0) is 15.5. The molecule has 116 valence electrons. The average Bonchev–Trinajstić information content (AvgIpc) is 2.55. The molecule has 0 atom stereocenters. The van der Waals surface area contributed by atoms with E-state index in [-0.39, 0.29) is 0 Å². The second-order valence-electron chi connectivity index (χ2n) is 5.44. The van der Waals surface area contributed by atoms with Crippen LogP contribution < -0.4 is 19.3 Å². The minimum atomic E-state index is 0.598. The van der Waals surface area contributed by atoms with Gasteiger partial charge in [0.2, 0.25) is 5.95 Å². The van der Waals surface area contributed by atoms with E-state index in [1.807, 2.05) is 55.2 Å². The van der Waals surface area contributed by atoms with Gasteiger partial charge in [0.05, 0.1) is 0 Å². The summed E-state index contributed by atoms with van der Waals surface area (Å²) in [5.41, 5.74) is 1.13. The van der Waals surface area contributed by atoms with Gasteiger partial charge in [0.25, 0.3) is 0 Å². The molecule has 3 rings (SSSR count). The molecule has 0 unspecified atom stereocenters. The van der Waals surface area contributed by atoms with Crippen molar-refractivity contribution in [3.8, 4) is 11.5 Å². The van der Waals surface area contributed by atoms with Crippen molar-refractivity contribution < 1.29 is 9.47 Å². The van der Waals surface area contributed by atoms with Gasteiger partial charge in [-0.1, -0.05) is 6.07 Å². The van der Waals surface area contributed by atoms with Gasteiger partial charge >= 0.3 is 0 Å². The average molecular weight is 300 g/mol. The van der Waals surface area contributed by atoms with E-state index in [4.69, 9.17) is 9.47 Å². The van der Waals surface area contributed by atoms with Crippen molar-refractivity contribution in [2.24, 2.45) is 0 Å². The molecule has 6 heteroatoms. The number of benzene rings is 1. The first-order valence-electron chi connectivity index (χ1n) is 7.23. The van der Waals surface area contributed by atoms with Gasteiger partial charge in [0.15, 0.2) is 11.5 Å². The minimum Gasteiger partial charge on any atom is -0.486 e. The fourth-order valence-electron chi connectivity index (χ4n) is 2.30. The van der Waals surface area contributed by atoms with Crippen molar-refractivity contribution in [2.45, 2.75) is 6.54 Å². The Morgan fingerprint density at radius 3 is 2.59 bits per heavy atom. The number of hydrogen-bond donors (Lipinski definition) is 0. The van der Waals surface area contributed by atoms with Gasteiger partial charge in [-0.3, -0.25) is 0 Å². The molecule has 1 aliphatic rings. The number of fused-ring (bicyclic) bond motifs is 1. The molecule has 0 saturated carbocycles. The largest absolute Gasteiger partial charge is 0.486 e. The predicted octanol–water partition coefficient (Wildman–Crippen LogP) is 1.95. The smallest absolute Gasteiger partial charge is 0.227 e. The van der Waals surface area contributed by atoms with E-state index in [9.17, 15) is 0 Å². The van der Waals surface area contributed by atoms with Crippen LogP contribution in [0.3, 0.4) is 0 Å². The summed E-state index contributed by atoms with van der Waals surface area (Å²) in [7, 11) is 5.91. The van der Waals surface area contributed by atoms with Crippen LogP contribution in [0.5, 0.6) is 11.5 Å². The van der Waals surface area contributed by atoms with Crippen molar-refractivity contribution in [1.82, 2.24) is 9.97 Å². The number of hydrogen-bond acceptors (Lipinski definition) is 6. The summed E-state index contributed by atoms with van der Waals surface area (Å²) in [6.07, 6.45) is 1.78. The molecule has 0 N–H and O–H groups in total. The number of anilines is 2. The lowest BCUT2D eigenvalue weighted by atomic mass is 10.2. The van der Waals surface area contributed by atoms with Gasteiger partial charge < -0.3 is 19.3 Å². The Hall–Kier alpha value is -2.50. The molecular formula is C16H20N4O2. The van der Waals surface area contributed by atoms with Crippen LogP contribution in [0.2, 0.25) is 0 Å². The Kier molecular flexibility index (Phi) is 4.00. The summed E-state index contributed by atoms with van der Waals surface area (Å²) in [4.78, 5) is 12.9. The van der Waals surface area contributed by atoms with Gasteiger partial charge in [-0.2, -0.15) is 4.98 Å². The van der Waals surface area contributed by atoms with Gasteiger partial charge in [0, 0.05) is 33.9 Å². The molecule has 0 amide bonds. The monoisotopic (exact) mass is 300 g/mol. The maximum absolute atomic E-state index is 5.62. The van der Waals surface area contributed by atoms with Gasteiger partial charge in [-0.25, -0.2) is 4.98 Å². The Labute approximate surface area is 130 Å². The van der Waals surface area contributed by atoms with E-state index in [2.05, 4.69) is 9.97 Å². The molecule has 6 nitrogen and oxygen atoms in total. The van der Waals surface area contributed by atoms with E-state index < -0.39 is 0 Å². The third-order valence-electron chi connectivity index (χ3n) is 3.45. The van der Waals surface area contributed by atoms with Crippen LogP contribution in [0, 0.1) is 0 Å². The van der Waals surface area contributed by atoms with E-state index in [1.54, 1.807) is 6.20 Å². The maximum atomic E-state index is 5.62. The number of rotatable bonds is 4. The summed E-state index contributed by atoms with van der Waals surface area (Å²) in [6, 6.07) is 7.90. The van der Waals surface area contributed by atoms with Crippen molar-refractivity contribution in [3.05, 3.63) is 36.0 Å². The molecule has 0 aliphatic carbocycles. The maximum Gasteiger partial charge on any atom is 0.227 e. The fourth-order valence-corrected chi connectivity index (χ4v) is 2.30. The molecule has 0 saturated heterocycles. The topological polar surface area (TPSA) is 50.7 Å². The zero-order valence-electron chi connectivity index (χ0n) is 13.1. The van der Waals surface area contributed by atoms with E-state index >= 15 is 0 Å². The third kappa shape index (κ3) is 3.05. The molecule has 0 spiro atoms. The molecule has 1 aromatic carbocycles. The first-order chi connectivity index (χ1) is 10.6. The Bertz CT molecular complexity index is 660. The highest BCUT2D eigenvalue weighted by molar-refractivity contribution is 5.46. The van der Waals surface area contributed by atoms with Crippen LogP contribution in [0.4, 0.5) is 11.8 Å². The molecular weight excluding hydrogens is 280 g/mol. The van der Waals surface area contributed by atoms with Crippen LogP contribution in [-0.4, -0.2) is 44.3 Å². The highest BCUT2D eigenvalue weighted by atomic mass is 16.6. The van der Waals surface area contributed by atoms with Crippen LogP contribution >= 0.6 is 0 Å². The summed E-state index contributed by atoms with van der Waals surface area (Å²) in [5, 5.41) is 0. The predicted molar refractivity (Wildman–Crippen MR) is 85.9 cm³/mol. The summed E-state index contributed by atoms with van der Waals surface area (Å²) in [5.74, 6) is 3.20. The normalized spacial score (nSPS) is 12.9. The van der Waals surface area contributed by atoms with Crippen molar-refractivity contribution in [1.29, 1.82) is 0 Å². The lowest BCUT2D eigenvalue weighted by Gasteiger charge is -2.22. The summed E-state index contributed by atoms with van der Waals surface area (Å²) < 4.78 is 11.2. The molecule has 0 bridgehead atoms. The molecule has 1 aliphatic heterocycles. The van der Waals surface area contributed by atoms with Gasteiger partial charge in [0.1, 0.15) is 19.0 Å². The number of nitrogens with zero attached hydrogens (tertiary/aromatic N) is 4. The van der Waals surface area contributed by atoms with Crippen LogP contribution in [0.15, 0.2) is 30.5 Å². The van der Waals surface area contributed by atoms with Gasteiger partial charge in [-0.15, -0.1) is 0 Å². The van der Waals surface area contributed by atoms with Crippen molar-refractivity contribution >= 4 is 11.8 Å². The minimum absolute atomic E-state index is 0.598. The van der Waals surface area contributed by atoms with Crippen LogP contribution in [0.25, 0.3) is 0 Å². The molecule has 1 aromatic heterocycles. The second-order valence-corrected chi connectivity index (χ2v) is 5.44. The van der Waals surface area contributed by atoms with Gasteiger partial charge in [-0.05, 0) is 23.8 Å². The zero-order valence-corrected chi connectivity index (χ0v) is 13.1. The first-order valence-corrected chi connectivity index (χ1v) is 7.23. The molecule has 0 fully saturated rings. The molecule has 22 heavy (non-hydrogen) atoms. The lowest BCUT2D eigenvalue weighted by molar-refractivity contribution is 0.171. The second kappa shape index (κ2) is 6.09. The first kappa shape index (κ1) is 14.4.